The average molecular weight is 422 g/mol. The number of rotatable bonds is 5. The predicted molar refractivity (Wildman–Crippen MR) is 123 cm³/mol. The molecule has 2 N–H and O–H groups in total. The van der Waals surface area contributed by atoms with E-state index in [0.29, 0.717) is 11.8 Å². The fraction of sp³-hybridized carbons (Fsp3) is 0.500. The van der Waals surface area contributed by atoms with Crippen LogP contribution >= 0.6 is 0 Å². The first-order valence-electron chi connectivity index (χ1n) is 11.3. The van der Waals surface area contributed by atoms with Gasteiger partial charge in [0.05, 0.1) is 7.11 Å². The summed E-state index contributed by atoms with van der Waals surface area (Å²) in [6, 6.07) is 8.36. The van der Waals surface area contributed by atoms with Crippen molar-refractivity contribution in [1.82, 2.24) is 15.0 Å². The van der Waals surface area contributed by atoms with Gasteiger partial charge in [-0.2, -0.15) is 0 Å². The van der Waals surface area contributed by atoms with Crippen molar-refractivity contribution in [3.63, 3.8) is 0 Å². The molecule has 5 rings (SSSR count). The summed E-state index contributed by atoms with van der Waals surface area (Å²) in [4.78, 5) is 17.2. The number of H-pyrrole nitrogens is 1. The Morgan fingerprint density at radius 2 is 1.87 bits per heavy atom. The Morgan fingerprint density at radius 1 is 1.06 bits per heavy atom. The second kappa shape index (κ2) is 8.75. The summed E-state index contributed by atoms with van der Waals surface area (Å²) in [5.74, 6) is 3.77. The number of anilines is 2. The monoisotopic (exact) mass is 421 g/mol. The molecule has 0 saturated carbocycles. The third-order valence-corrected chi connectivity index (χ3v) is 6.92. The zero-order valence-electron chi connectivity index (χ0n) is 18.1. The van der Waals surface area contributed by atoms with E-state index < -0.39 is 0 Å². The van der Waals surface area contributed by atoms with Crippen molar-refractivity contribution in [1.29, 1.82) is 0 Å². The number of fused-ring (bicyclic) bond motifs is 1. The van der Waals surface area contributed by atoms with Crippen molar-refractivity contribution in [2.24, 2.45) is 5.92 Å². The molecule has 0 aliphatic carbocycles. The van der Waals surface area contributed by atoms with Crippen LogP contribution in [0.5, 0.6) is 5.75 Å². The van der Waals surface area contributed by atoms with Crippen molar-refractivity contribution in [3.8, 4) is 5.75 Å². The minimum absolute atomic E-state index is 0.252. The first-order valence-corrected chi connectivity index (χ1v) is 11.3. The van der Waals surface area contributed by atoms with E-state index in [1.807, 2.05) is 6.07 Å². The second-order valence-electron chi connectivity index (χ2n) is 8.79. The Hall–Kier alpha value is -2.80. The van der Waals surface area contributed by atoms with Crippen molar-refractivity contribution in [3.05, 3.63) is 42.4 Å². The summed E-state index contributed by atoms with van der Waals surface area (Å²) in [6.07, 6.45) is 8.25. The molecular formula is C24H31N5O2. The molecule has 2 aromatic heterocycles. The highest BCUT2D eigenvalue weighted by atomic mass is 16.5. The molecule has 1 unspecified atom stereocenters. The van der Waals surface area contributed by atoms with Crippen LogP contribution in [-0.2, 0) is 0 Å². The van der Waals surface area contributed by atoms with Crippen LogP contribution in [0.25, 0.3) is 10.9 Å². The lowest BCUT2D eigenvalue weighted by Crippen LogP contribution is -2.38. The lowest BCUT2D eigenvalue weighted by molar-refractivity contribution is 0.208. The average Bonchev–Trinajstić information content (AvgIpc) is 3.27. The first-order chi connectivity index (χ1) is 15.2. The number of ether oxygens (including phenoxy) is 1. The summed E-state index contributed by atoms with van der Waals surface area (Å²) in [6.45, 7) is 4.09. The normalized spacial score (nSPS) is 20.4. The maximum absolute atomic E-state index is 9.54. The Balaban J connectivity index is 1.28. The second-order valence-corrected chi connectivity index (χ2v) is 8.79. The van der Waals surface area contributed by atoms with Gasteiger partial charge in [0.2, 0.25) is 0 Å². The van der Waals surface area contributed by atoms with Crippen molar-refractivity contribution in [2.45, 2.75) is 31.6 Å². The summed E-state index contributed by atoms with van der Waals surface area (Å²) in [5, 5.41) is 10.8. The molecule has 0 spiro atoms. The molecule has 164 valence electrons. The Kier molecular flexibility index (Phi) is 5.68. The molecule has 7 nitrogen and oxygen atoms in total. The molecule has 2 saturated heterocycles. The number of hydrogen-bond acceptors (Lipinski definition) is 6. The number of methoxy groups -OCH3 is 1. The summed E-state index contributed by atoms with van der Waals surface area (Å²) >= 11 is 0. The molecule has 31 heavy (non-hydrogen) atoms. The highest BCUT2D eigenvalue weighted by molar-refractivity contribution is 5.85. The van der Waals surface area contributed by atoms with Gasteiger partial charge in [0, 0.05) is 56.0 Å². The summed E-state index contributed by atoms with van der Waals surface area (Å²) in [7, 11) is 1.72. The van der Waals surface area contributed by atoms with Crippen LogP contribution in [0.2, 0.25) is 0 Å². The quantitative estimate of drug-likeness (QED) is 0.656. The topological polar surface area (TPSA) is 77.5 Å². The minimum Gasteiger partial charge on any atom is -0.497 e. The van der Waals surface area contributed by atoms with Crippen molar-refractivity contribution in [2.75, 3.05) is 49.7 Å². The maximum Gasteiger partial charge on any atom is 0.134 e. The first kappa shape index (κ1) is 20.1. The molecule has 1 aromatic carbocycles. The largest absolute Gasteiger partial charge is 0.497 e. The van der Waals surface area contributed by atoms with Crippen LogP contribution in [0.3, 0.4) is 0 Å². The molecule has 3 aromatic rings. The number of nitrogens with zero attached hydrogens (tertiary/aromatic N) is 4. The predicted octanol–water partition coefficient (Wildman–Crippen LogP) is 3.56. The summed E-state index contributed by atoms with van der Waals surface area (Å²) in [5.41, 5.74) is 2.56. The molecular weight excluding hydrogens is 390 g/mol. The van der Waals surface area contributed by atoms with Crippen LogP contribution in [0.1, 0.15) is 37.2 Å². The van der Waals surface area contributed by atoms with Gasteiger partial charge in [-0.15, -0.1) is 0 Å². The van der Waals surface area contributed by atoms with Gasteiger partial charge in [0.15, 0.2) is 0 Å². The zero-order valence-corrected chi connectivity index (χ0v) is 18.1. The lowest BCUT2D eigenvalue weighted by atomic mass is 9.89. The van der Waals surface area contributed by atoms with E-state index in [1.165, 1.54) is 16.5 Å². The smallest absolute Gasteiger partial charge is 0.134 e. The SMILES string of the molecule is COc1ccc2[nH]cc(C3CCN(c4cc(N5CCCC(CO)C5)ncn4)CC3)c2c1. The number of aromatic nitrogens is 3. The molecule has 2 aliphatic rings. The standard InChI is InChI=1S/C24H31N5O2/c1-31-19-4-5-22-20(11-19)21(13-25-22)18-6-9-28(10-7-18)23-12-24(27-16-26-23)29-8-2-3-17(14-29)15-30/h4-5,11-13,16-18,25,30H,2-3,6-10,14-15H2,1H3. The Morgan fingerprint density at radius 3 is 2.65 bits per heavy atom. The van der Waals surface area contributed by atoms with E-state index in [9.17, 15) is 5.11 Å². The third-order valence-electron chi connectivity index (χ3n) is 6.92. The van der Waals surface area contributed by atoms with Gasteiger partial charge in [-0.25, -0.2) is 9.97 Å². The van der Waals surface area contributed by atoms with Gasteiger partial charge in [-0.3, -0.25) is 0 Å². The fourth-order valence-electron chi connectivity index (χ4n) is 5.11. The number of aromatic amines is 1. The number of nitrogens with one attached hydrogen (secondary N) is 1. The molecule has 0 radical (unpaired) electrons. The van der Waals surface area contributed by atoms with Crippen LogP contribution in [-0.4, -0.2) is 60.0 Å². The van der Waals surface area contributed by atoms with E-state index in [4.69, 9.17) is 4.74 Å². The fourth-order valence-corrected chi connectivity index (χ4v) is 5.11. The lowest BCUT2D eigenvalue weighted by Gasteiger charge is -2.35. The highest BCUT2D eigenvalue weighted by Crippen LogP contribution is 2.36. The van der Waals surface area contributed by atoms with E-state index in [1.54, 1.807) is 13.4 Å². The zero-order chi connectivity index (χ0) is 21.2. The molecule has 2 fully saturated rings. The van der Waals surface area contributed by atoms with Gasteiger partial charge < -0.3 is 24.6 Å². The number of benzene rings is 1. The van der Waals surface area contributed by atoms with Gasteiger partial charge in [-0.05, 0) is 61.3 Å². The van der Waals surface area contributed by atoms with E-state index in [-0.39, 0.29) is 6.61 Å². The number of hydrogen-bond donors (Lipinski definition) is 2. The van der Waals surface area contributed by atoms with Gasteiger partial charge in [-0.1, -0.05) is 0 Å². The van der Waals surface area contributed by atoms with E-state index in [0.717, 1.165) is 69.2 Å². The molecule has 2 aliphatic heterocycles. The molecule has 0 bridgehead atoms. The number of aliphatic hydroxyl groups excluding tert-OH is 1. The van der Waals surface area contributed by atoms with Gasteiger partial charge >= 0.3 is 0 Å². The molecule has 7 heteroatoms. The molecule has 1 atom stereocenters. The van der Waals surface area contributed by atoms with Gasteiger partial charge in [0.1, 0.15) is 23.7 Å². The molecule has 4 heterocycles. The van der Waals surface area contributed by atoms with Crippen LogP contribution in [0.15, 0.2) is 36.8 Å². The Labute approximate surface area is 183 Å². The van der Waals surface area contributed by atoms with Crippen molar-refractivity contribution < 1.29 is 9.84 Å². The van der Waals surface area contributed by atoms with Crippen LogP contribution in [0.4, 0.5) is 11.6 Å². The van der Waals surface area contributed by atoms with Crippen molar-refractivity contribution >= 4 is 22.5 Å². The maximum atomic E-state index is 9.54. The summed E-state index contributed by atoms with van der Waals surface area (Å²) < 4.78 is 5.43. The highest BCUT2D eigenvalue weighted by Gasteiger charge is 2.25. The van der Waals surface area contributed by atoms with E-state index in [2.05, 4.69) is 49.1 Å². The van der Waals surface area contributed by atoms with E-state index >= 15 is 0 Å². The number of piperidine rings is 2. The molecule has 0 amide bonds. The van der Waals surface area contributed by atoms with Crippen LogP contribution in [0, 0.1) is 5.92 Å². The van der Waals surface area contributed by atoms with Gasteiger partial charge in [0.25, 0.3) is 0 Å². The Bertz CT molecular complexity index is 1030. The third kappa shape index (κ3) is 4.06. The van der Waals surface area contributed by atoms with Crippen LogP contribution < -0.4 is 14.5 Å². The number of aliphatic hydroxyl groups is 1. The minimum atomic E-state index is 0.252.